The standard InChI is InChI=1S/C24H28ClF2NO4S/c25-24-7-13-3-15(8-24)23(16(4-13)9-24)32-22-6-20(27)19(5-18(22)14-1-2-14)21(29)12-33(30,31)28-10-17(26)11-28/h5-6,13-17,23H,1-4,7-12H2. The van der Waals surface area contributed by atoms with Gasteiger partial charge in [-0.2, -0.15) is 4.31 Å². The van der Waals surface area contributed by atoms with E-state index in [0.717, 1.165) is 54.8 Å². The highest BCUT2D eigenvalue weighted by atomic mass is 35.5. The van der Waals surface area contributed by atoms with Gasteiger partial charge < -0.3 is 4.74 Å². The van der Waals surface area contributed by atoms with Crippen molar-refractivity contribution in [3.8, 4) is 5.75 Å². The summed E-state index contributed by atoms with van der Waals surface area (Å²) < 4.78 is 60.3. The van der Waals surface area contributed by atoms with Crippen LogP contribution >= 0.6 is 11.6 Å². The second-order valence-electron chi connectivity index (χ2n) is 10.9. The first-order chi connectivity index (χ1) is 15.6. The largest absolute Gasteiger partial charge is 0.489 e. The van der Waals surface area contributed by atoms with Gasteiger partial charge in [-0.3, -0.25) is 4.79 Å². The van der Waals surface area contributed by atoms with Crippen LogP contribution in [-0.4, -0.2) is 54.5 Å². The molecule has 0 aromatic heterocycles. The van der Waals surface area contributed by atoms with Crippen molar-refractivity contribution in [3.63, 3.8) is 0 Å². The highest BCUT2D eigenvalue weighted by Gasteiger charge is 2.56. The smallest absolute Gasteiger partial charge is 0.221 e. The number of ether oxygens (including phenoxy) is 1. The maximum absolute atomic E-state index is 15.1. The second kappa shape index (κ2) is 7.62. The molecule has 7 rings (SSSR count). The molecule has 33 heavy (non-hydrogen) atoms. The van der Waals surface area contributed by atoms with Gasteiger partial charge in [0.2, 0.25) is 10.0 Å². The molecule has 0 N–H and O–H groups in total. The van der Waals surface area contributed by atoms with Crippen molar-refractivity contribution in [1.82, 2.24) is 4.31 Å². The van der Waals surface area contributed by atoms with Crippen molar-refractivity contribution in [2.45, 2.75) is 68.0 Å². The maximum Gasteiger partial charge on any atom is 0.221 e. The molecule has 6 aliphatic rings. The zero-order valence-electron chi connectivity index (χ0n) is 18.3. The summed E-state index contributed by atoms with van der Waals surface area (Å²) in [5.41, 5.74) is 0.564. The quantitative estimate of drug-likeness (QED) is 0.411. The minimum atomic E-state index is -3.95. The first-order valence-corrected chi connectivity index (χ1v) is 13.9. The Labute approximate surface area is 197 Å². The molecule has 0 amide bonds. The van der Waals surface area contributed by atoms with Crippen LogP contribution in [0.1, 0.15) is 66.8 Å². The molecule has 5 nitrogen and oxygen atoms in total. The Kier molecular flexibility index (Phi) is 5.14. The number of alkyl halides is 2. The fourth-order valence-corrected chi connectivity index (χ4v) is 8.83. The summed E-state index contributed by atoms with van der Waals surface area (Å²) in [5.74, 6) is -0.354. The lowest BCUT2D eigenvalue weighted by Gasteiger charge is -2.57. The van der Waals surface area contributed by atoms with Gasteiger partial charge in [-0.05, 0) is 80.2 Å². The zero-order chi connectivity index (χ0) is 23.1. The summed E-state index contributed by atoms with van der Waals surface area (Å²) in [6.07, 6.45) is 5.81. The number of nitrogens with zero attached hydrogens (tertiary/aromatic N) is 1. The van der Waals surface area contributed by atoms with Crippen molar-refractivity contribution in [1.29, 1.82) is 0 Å². The van der Waals surface area contributed by atoms with Gasteiger partial charge in [0.05, 0.1) is 5.56 Å². The van der Waals surface area contributed by atoms with Gasteiger partial charge in [-0.25, -0.2) is 17.2 Å². The molecule has 5 saturated carbocycles. The molecule has 1 heterocycles. The van der Waals surface area contributed by atoms with Crippen LogP contribution in [0, 0.1) is 23.6 Å². The topological polar surface area (TPSA) is 63.7 Å². The van der Waals surface area contributed by atoms with Crippen molar-refractivity contribution < 1.29 is 26.7 Å². The van der Waals surface area contributed by atoms with Crippen LogP contribution in [0.4, 0.5) is 8.78 Å². The van der Waals surface area contributed by atoms with E-state index in [4.69, 9.17) is 16.3 Å². The Hall–Kier alpha value is -1.25. The van der Waals surface area contributed by atoms with Gasteiger partial charge in [0.25, 0.3) is 0 Å². The zero-order valence-corrected chi connectivity index (χ0v) is 19.9. The first-order valence-electron chi connectivity index (χ1n) is 11.9. The fourth-order valence-electron chi connectivity index (χ4n) is 6.77. The first kappa shape index (κ1) is 22.2. The highest BCUT2D eigenvalue weighted by molar-refractivity contribution is 7.89. The molecule has 5 aliphatic carbocycles. The average Bonchev–Trinajstić information content (AvgIpc) is 3.51. The number of carbonyl (C=O) groups excluding carboxylic acids is 1. The normalized spacial score (nSPS) is 36.1. The number of hydrogen-bond donors (Lipinski definition) is 0. The molecule has 1 aliphatic heterocycles. The molecule has 180 valence electrons. The lowest BCUT2D eigenvalue weighted by molar-refractivity contribution is -0.0700. The van der Waals surface area contributed by atoms with Crippen LogP contribution in [-0.2, 0) is 10.0 Å². The molecule has 1 aromatic rings. The number of ketones is 1. The van der Waals surface area contributed by atoms with E-state index in [0.29, 0.717) is 23.5 Å². The summed E-state index contributed by atoms with van der Waals surface area (Å²) in [6.45, 7) is -0.487. The van der Waals surface area contributed by atoms with Gasteiger partial charge in [0, 0.05) is 24.0 Å². The Balaban J connectivity index is 1.24. The van der Waals surface area contributed by atoms with Crippen molar-refractivity contribution in [2.24, 2.45) is 17.8 Å². The summed E-state index contributed by atoms with van der Waals surface area (Å²) in [4.78, 5) is 12.6. The number of sulfonamides is 1. The van der Waals surface area contributed by atoms with Crippen LogP contribution in [0.3, 0.4) is 0 Å². The van der Waals surface area contributed by atoms with Crippen LogP contribution < -0.4 is 4.74 Å². The van der Waals surface area contributed by atoms with E-state index in [9.17, 15) is 17.6 Å². The average molecular weight is 500 g/mol. The molecule has 1 saturated heterocycles. The molecule has 0 radical (unpaired) electrons. The molecule has 1 aromatic carbocycles. The van der Waals surface area contributed by atoms with Crippen molar-refractivity contribution in [3.05, 3.63) is 29.1 Å². The Morgan fingerprint density at radius 1 is 1.15 bits per heavy atom. The minimum Gasteiger partial charge on any atom is -0.489 e. The van der Waals surface area contributed by atoms with E-state index in [2.05, 4.69) is 0 Å². The lowest BCUT2D eigenvalue weighted by Crippen LogP contribution is -2.56. The van der Waals surface area contributed by atoms with Crippen LogP contribution in [0.25, 0.3) is 0 Å². The van der Waals surface area contributed by atoms with E-state index in [-0.39, 0.29) is 35.5 Å². The summed E-state index contributed by atoms with van der Waals surface area (Å²) in [7, 11) is -3.95. The third-order valence-corrected chi connectivity index (χ3v) is 10.5. The molecule has 6 fully saturated rings. The lowest BCUT2D eigenvalue weighted by atomic mass is 9.54. The van der Waals surface area contributed by atoms with Crippen molar-refractivity contribution in [2.75, 3.05) is 18.8 Å². The monoisotopic (exact) mass is 499 g/mol. The molecule has 2 atom stereocenters. The number of rotatable bonds is 7. The van der Waals surface area contributed by atoms with Crippen LogP contribution in [0.15, 0.2) is 12.1 Å². The van der Waals surface area contributed by atoms with Crippen LogP contribution in [0.5, 0.6) is 5.75 Å². The third kappa shape index (κ3) is 4.00. The summed E-state index contributed by atoms with van der Waals surface area (Å²) >= 11 is 6.84. The predicted octanol–water partition coefficient (Wildman–Crippen LogP) is 4.43. The number of hydrogen-bond acceptors (Lipinski definition) is 4. The number of benzene rings is 1. The molecule has 9 heteroatoms. The second-order valence-corrected chi connectivity index (χ2v) is 13.7. The molecule has 0 spiro atoms. The van der Waals surface area contributed by atoms with E-state index in [1.54, 1.807) is 0 Å². The van der Waals surface area contributed by atoms with E-state index >= 15 is 4.39 Å². The number of halogens is 3. The third-order valence-electron chi connectivity index (χ3n) is 8.30. The molecular formula is C24H28ClF2NO4S. The van der Waals surface area contributed by atoms with E-state index in [1.165, 1.54) is 12.1 Å². The Morgan fingerprint density at radius 3 is 2.39 bits per heavy atom. The summed E-state index contributed by atoms with van der Waals surface area (Å²) in [5, 5.41) is 0. The molecule has 2 unspecified atom stereocenters. The SMILES string of the molecule is O=C(CS(=O)(=O)N1CC(F)C1)c1cc(C2CC2)c(OC2C3CC4CC2CC(Cl)(C4)C3)cc1F. The predicted molar refractivity (Wildman–Crippen MR) is 120 cm³/mol. The van der Waals surface area contributed by atoms with Gasteiger partial charge >= 0.3 is 0 Å². The van der Waals surface area contributed by atoms with Gasteiger partial charge in [-0.1, -0.05) is 0 Å². The highest BCUT2D eigenvalue weighted by Crippen LogP contribution is 2.59. The van der Waals surface area contributed by atoms with Gasteiger partial charge in [0.15, 0.2) is 5.78 Å². The minimum absolute atomic E-state index is 0.00678. The summed E-state index contributed by atoms with van der Waals surface area (Å²) in [6, 6.07) is 2.77. The van der Waals surface area contributed by atoms with E-state index < -0.39 is 33.5 Å². The van der Waals surface area contributed by atoms with Gasteiger partial charge in [0.1, 0.15) is 29.6 Å². The molecular weight excluding hydrogens is 472 g/mol. The van der Waals surface area contributed by atoms with E-state index in [1.807, 2.05) is 0 Å². The maximum atomic E-state index is 15.1. The fraction of sp³-hybridized carbons (Fsp3) is 0.708. The van der Waals surface area contributed by atoms with Crippen molar-refractivity contribution >= 4 is 27.4 Å². The number of Topliss-reactive ketones (excluding diaryl/α,β-unsaturated/α-hetero) is 1. The molecule has 4 bridgehead atoms. The Bertz CT molecular complexity index is 1090. The van der Waals surface area contributed by atoms with Crippen LogP contribution in [0.2, 0.25) is 0 Å². The number of carbonyl (C=O) groups is 1. The Morgan fingerprint density at radius 2 is 1.82 bits per heavy atom. The van der Waals surface area contributed by atoms with Gasteiger partial charge in [-0.15, -0.1) is 11.6 Å².